The molecule has 0 radical (unpaired) electrons. The van der Waals surface area contributed by atoms with E-state index in [-0.39, 0.29) is 21.9 Å². The molecule has 0 fully saturated rings. The molecule has 0 bridgehead atoms. The fourth-order valence-electron chi connectivity index (χ4n) is 1.06. The van der Waals surface area contributed by atoms with Crippen molar-refractivity contribution < 1.29 is 4.79 Å². The molecule has 0 unspecified atom stereocenters. The molecule has 0 aromatic carbocycles. The van der Waals surface area contributed by atoms with Gasteiger partial charge in [0, 0.05) is 5.57 Å². The molecular weight excluding hydrogens is 249 g/mol. The van der Waals surface area contributed by atoms with Crippen LogP contribution in [-0.4, -0.2) is 15.9 Å². The van der Waals surface area contributed by atoms with E-state index in [1.807, 2.05) is 6.92 Å². The van der Waals surface area contributed by atoms with Crippen LogP contribution in [0.15, 0.2) is 18.0 Å². The number of allylic oxidation sites excluding steroid dienone is 1. The molecule has 4 nitrogen and oxygen atoms in total. The van der Waals surface area contributed by atoms with E-state index in [2.05, 4.69) is 15.3 Å². The van der Waals surface area contributed by atoms with Gasteiger partial charge in [-0.25, -0.2) is 9.97 Å². The summed E-state index contributed by atoms with van der Waals surface area (Å²) in [4.78, 5) is 19.1. The molecule has 1 heterocycles. The van der Waals surface area contributed by atoms with E-state index in [0.29, 0.717) is 5.57 Å². The fraction of sp³-hybridized carbons (Fsp3) is 0.300. The standard InChI is InChI=1S/C10H11Cl2N3O/c1-3-4-6(2)10(16)15-7-8(11)13-5-14-9(7)12/h4-5H,3H2,1-2H3,(H,15,16)/b6-4-. The van der Waals surface area contributed by atoms with E-state index in [1.54, 1.807) is 13.0 Å². The minimum atomic E-state index is -0.263. The maximum absolute atomic E-state index is 11.7. The molecule has 6 heteroatoms. The Morgan fingerprint density at radius 1 is 1.44 bits per heavy atom. The highest BCUT2D eigenvalue weighted by atomic mass is 35.5. The van der Waals surface area contributed by atoms with Crippen LogP contribution in [0.4, 0.5) is 5.69 Å². The third kappa shape index (κ3) is 3.18. The lowest BCUT2D eigenvalue weighted by atomic mass is 10.2. The van der Waals surface area contributed by atoms with E-state index < -0.39 is 0 Å². The SMILES string of the molecule is CC/C=C(/C)C(=O)Nc1c(Cl)ncnc1Cl. The number of rotatable bonds is 3. The molecule has 0 atom stereocenters. The summed E-state index contributed by atoms with van der Waals surface area (Å²) >= 11 is 11.6. The van der Waals surface area contributed by atoms with Gasteiger partial charge in [-0.05, 0) is 13.3 Å². The number of halogens is 2. The van der Waals surface area contributed by atoms with E-state index in [9.17, 15) is 4.79 Å². The molecule has 1 aromatic rings. The highest BCUT2D eigenvalue weighted by Crippen LogP contribution is 2.25. The van der Waals surface area contributed by atoms with Gasteiger partial charge in [0.05, 0.1) is 0 Å². The maximum Gasteiger partial charge on any atom is 0.251 e. The number of carbonyl (C=O) groups excluding carboxylic acids is 1. The van der Waals surface area contributed by atoms with Crippen molar-refractivity contribution in [2.75, 3.05) is 5.32 Å². The van der Waals surface area contributed by atoms with E-state index in [1.165, 1.54) is 6.33 Å². The second kappa shape index (κ2) is 5.82. The molecule has 0 saturated heterocycles. The van der Waals surface area contributed by atoms with Gasteiger partial charge in [0.2, 0.25) is 0 Å². The molecule has 0 aliphatic carbocycles. The number of hydrogen-bond donors (Lipinski definition) is 1. The first-order valence-corrected chi connectivity index (χ1v) is 5.46. The summed E-state index contributed by atoms with van der Waals surface area (Å²) in [5.74, 6) is -0.263. The second-order valence-electron chi connectivity index (χ2n) is 3.08. The molecule has 0 aliphatic heterocycles. The normalized spacial score (nSPS) is 11.4. The number of aromatic nitrogens is 2. The molecule has 1 rings (SSSR count). The average molecular weight is 260 g/mol. The van der Waals surface area contributed by atoms with E-state index in [4.69, 9.17) is 23.2 Å². The monoisotopic (exact) mass is 259 g/mol. The number of carbonyl (C=O) groups is 1. The summed E-state index contributed by atoms with van der Waals surface area (Å²) in [7, 11) is 0. The topological polar surface area (TPSA) is 54.9 Å². The predicted octanol–water partition coefficient (Wildman–Crippen LogP) is 3.08. The van der Waals surface area contributed by atoms with E-state index >= 15 is 0 Å². The van der Waals surface area contributed by atoms with Crippen molar-refractivity contribution in [3.8, 4) is 0 Å². The fourth-order valence-corrected chi connectivity index (χ4v) is 1.47. The molecule has 0 aliphatic rings. The van der Waals surface area contributed by atoms with Gasteiger partial charge in [0.15, 0.2) is 10.3 Å². The Labute approximate surface area is 104 Å². The largest absolute Gasteiger partial charge is 0.317 e. The highest BCUT2D eigenvalue weighted by molar-refractivity contribution is 6.38. The molecule has 1 amide bonds. The van der Waals surface area contributed by atoms with Gasteiger partial charge in [-0.15, -0.1) is 0 Å². The van der Waals surface area contributed by atoms with Crippen LogP contribution in [0.1, 0.15) is 20.3 Å². The summed E-state index contributed by atoms with van der Waals surface area (Å²) in [5, 5.41) is 2.81. The van der Waals surface area contributed by atoms with Crippen molar-refractivity contribution in [1.29, 1.82) is 0 Å². The van der Waals surface area contributed by atoms with Gasteiger partial charge >= 0.3 is 0 Å². The lowest BCUT2D eigenvalue weighted by molar-refractivity contribution is -0.112. The van der Waals surface area contributed by atoms with Crippen molar-refractivity contribution >= 4 is 34.8 Å². The van der Waals surface area contributed by atoms with Gasteiger partial charge in [-0.2, -0.15) is 0 Å². The highest BCUT2D eigenvalue weighted by Gasteiger charge is 2.12. The zero-order valence-electron chi connectivity index (χ0n) is 8.92. The minimum absolute atomic E-state index is 0.123. The third-order valence-corrected chi connectivity index (χ3v) is 2.43. The summed E-state index contributed by atoms with van der Waals surface area (Å²) in [6.07, 6.45) is 3.82. The van der Waals surface area contributed by atoms with E-state index in [0.717, 1.165) is 6.42 Å². The van der Waals surface area contributed by atoms with Crippen LogP contribution in [0.25, 0.3) is 0 Å². The molecule has 86 valence electrons. The van der Waals surface area contributed by atoms with Crippen molar-refractivity contribution in [3.05, 3.63) is 28.3 Å². The Balaban J connectivity index is 2.89. The van der Waals surface area contributed by atoms with Crippen molar-refractivity contribution in [2.24, 2.45) is 0 Å². The molecule has 1 aromatic heterocycles. The van der Waals surface area contributed by atoms with Crippen LogP contribution in [-0.2, 0) is 4.79 Å². The van der Waals surface area contributed by atoms with Crippen LogP contribution in [0.3, 0.4) is 0 Å². The summed E-state index contributed by atoms with van der Waals surface area (Å²) in [6, 6.07) is 0. The maximum atomic E-state index is 11.7. The summed E-state index contributed by atoms with van der Waals surface area (Å²) in [5.41, 5.74) is 0.832. The Morgan fingerprint density at radius 3 is 2.50 bits per heavy atom. The lowest BCUT2D eigenvalue weighted by Crippen LogP contribution is -2.14. The van der Waals surface area contributed by atoms with Crippen molar-refractivity contribution in [2.45, 2.75) is 20.3 Å². The summed E-state index contributed by atoms with van der Waals surface area (Å²) < 4.78 is 0. The second-order valence-corrected chi connectivity index (χ2v) is 3.80. The first-order valence-electron chi connectivity index (χ1n) is 4.70. The molecule has 16 heavy (non-hydrogen) atoms. The van der Waals surface area contributed by atoms with Crippen molar-refractivity contribution in [1.82, 2.24) is 9.97 Å². The molecule has 0 saturated carbocycles. The quantitative estimate of drug-likeness (QED) is 0.671. The van der Waals surface area contributed by atoms with Gasteiger partial charge in [-0.1, -0.05) is 36.2 Å². The average Bonchev–Trinajstić information content (AvgIpc) is 2.23. The smallest absolute Gasteiger partial charge is 0.251 e. The molecule has 0 spiro atoms. The Kier molecular flexibility index (Phi) is 4.71. The van der Waals surface area contributed by atoms with Crippen LogP contribution in [0.5, 0.6) is 0 Å². The Morgan fingerprint density at radius 2 is 2.00 bits per heavy atom. The number of nitrogens with zero attached hydrogens (tertiary/aromatic N) is 2. The van der Waals surface area contributed by atoms with Crippen LogP contribution < -0.4 is 5.32 Å². The zero-order valence-corrected chi connectivity index (χ0v) is 10.4. The first kappa shape index (κ1) is 12.9. The van der Waals surface area contributed by atoms with Gasteiger partial charge in [0.25, 0.3) is 5.91 Å². The van der Waals surface area contributed by atoms with Gasteiger partial charge in [-0.3, -0.25) is 4.79 Å². The predicted molar refractivity (Wildman–Crippen MR) is 64.7 cm³/mol. The van der Waals surface area contributed by atoms with Crippen LogP contribution in [0, 0.1) is 0 Å². The minimum Gasteiger partial charge on any atom is -0.317 e. The number of nitrogens with one attached hydrogen (secondary N) is 1. The third-order valence-electron chi connectivity index (χ3n) is 1.86. The Hall–Kier alpha value is -1.13. The molecular formula is C10H11Cl2N3O. The Bertz CT molecular complexity index is 412. The first-order chi connectivity index (χ1) is 7.56. The number of anilines is 1. The van der Waals surface area contributed by atoms with Crippen LogP contribution in [0.2, 0.25) is 10.3 Å². The number of hydrogen-bond acceptors (Lipinski definition) is 3. The van der Waals surface area contributed by atoms with Crippen molar-refractivity contribution in [3.63, 3.8) is 0 Å². The van der Waals surface area contributed by atoms with Gasteiger partial charge in [0.1, 0.15) is 12.0 Å². The van der Waals surface area contributed by atoms with Crippen LogP contribution >= 0.6 is 23.2 Å². The lowest BCUT2D eigenvalue weighted by Gasteiger charge is -2.07. The number of amides is 1. The summed E-state index contributed by atoms with van der Waals surface area (Å²) in [6.45, 7) is 3.66. The zero-order chi connectivity index (χ0) is 12.1. The van der Waals surface area contributed by atoms with Gasteiger partial charge < -0.3 is 5.32 Å². The molecule has 1 N–H and O–H groups in total.